The van der Waals surface area contributed by atoms with Crippen LogP contribution in [0.1, 0.15) is 12.0 Å². The monoisotopic (exact) mass is 350 g/mol. The molecule has 0 bridgehead atoms. The minimum atomic E-state index is -3.51. The Morgan fingerprint density at radius 3 is 2.33 bits per heavy atom. The first-order valence-electron chi connectivity index (χ1n) is 7.51. The molecule has 1 amide bonds. The van der Waals surface area contributed by atoms with Crippen LogP contribution in [0.15, 0.2) is 54.6 Å². The van der Waals surface area contributed by atoms with Gasteiger partial charge in [0, 0.05) is 18.7 Å². The Hall–Kier alpha value is -2.41. The van der Waals surface area contributed by atoms with E-state index in [4.69, 9.17) is 0 Å². The van der Waals surface area contributed by atoms with E-state index in [-0.39, 0.29) is 30.4 Å². The van der Waals surface area contributed by atoms with Crippen LogP contribution in [0, 0.1) is 5.82 Å². The smallest absolute Gasteiger partial charge is 0.234 e. The van der Waals surface area contributed by atoms with E-state index in [0.717, 1.165) is 5.56 Å². The summed E-state index contributed by atoms with van der Waals surface area (Å²) in [5.74, 6) is -0.766. The molecule has 0 saturated heterocycles. The number of carbonyl (C=O) groups is 1. The van der Waals surface area contributed by atoms with Gasteiger partial charge in [-0.2, -0.15) is 0 Å². The van der Waals surface area contributed by atoms with Gasteiger partial charge in [-0.25, -0.2) is 12.8 Å². The highest BCUT2D eigenvalue weighted by Gasteiger charge is 2.11. The summed E-state index contributed by atoms with van der Waals surface area (Å²) < 4.78 is 39.0. The second kappa shape index (κ2) is 8.44. The predicted octanol–water partition coefficient (Wildman–Crippen LogP) is 2.32. The van der Waals surface area contributed by atoms with Crippen molar-refractivity contribution in [2.45, 2.75) is 12.8 Å². The number of rotatable bonds is 8. The quantitative estimate of drug-likeness (QED) is 0.767. The highest BCUT2D eigenvalue weighted by Crippen LogP contribution is 2.08. The van der Waals surface area contributed by atoms with Crippen LogP contribution in [0.25, 0.3) is 0 Å². The molecule has 0 aliphatic carbocycles. The van der Waals surface area contributed by atoms with Gasteiger partial charge >= 0.3 is 0 Å². The number of carbonyl (C=O) groups excluding carboxylic acids is 1. The molecule has 2 aromatic carbocycles. The molecule has 24 heavy (non-hydrogen) atoms. The summed E-state index contributed by atoms with van der Waals surface area (Å²) in [4.78, 5) is 11.7. The van der Waals surface area contributed by atoms with Gasteiger partial charge in [0.05, 0.1) is 5.75 Å². The topological polar surface area (TPSA) is 75.3 Å². The zero-order valence-electron chi connectivity index (χ0n) is 13.0. The summed E-state index contributed by atoms with van der Waals surface area (Å²) in [5, 5.41) is 2.57. The Morgan fingerprint density at radius 1 is 1.00 bits per heavy atom. The number of para-hydroxylation sites is 1. The number of halogens is 1. The zero-order valence-corrected chi connectivity index (χ0v) is 13.9. The molecule has 0 fully saturated rings. The molecule has 2 rings (SSSR count). The Balaban J connectivity index is 1.70. The second-order valence-corrected chi connectivity index (χ2v) is 7.11. The van der Waals surface area contributed by atoms with Crippen molar-refractivity contribution in [2.75, 3.05) is 17.0 Å². The third-order valence-corrected chi connectivity index (χ3v) is 4.58. The lowest BCUT2D eigenvalue weighted by molar-refractivity contribution is -0.120. The van der Waals surface area contributed by atoms with Gasteiger partial charge in [0.2, 0.25) is 15.9 Å². The van der Waals surface area contributed by atoms with E-state index in [1.54, 1.807) is 42.5 Å². The number of benzene rings is 2. The Labute approximate surface area is 141 Å². The van der Waals surface area contributed by atoms with E-state index in [2.05, 4.69) is 10.0 Å². The summed E-state index contributed by atoms with van der Waals surface area (Å²) in [7, 11) is -3.51. The van der Waals surface area contributed by atoms with Gasteiger partial charge in [0.25, 0.3) is 0 Å². The zero-order chi connectivity index (χ0) is 17.4. The molecular weight excluding hydrogens is 331 g/mol. The van der Waals surface area contributed by atoms with Crippen molar-refractivity contribution in [1.82, 2.24) is 5.32 Å². The fourth-order valence-corrected chi connectivity index (χ4v) is 3.03. The third kappa shape index (κ3) is 6.37. The lowest BCUT2D eigenvalue weighted by Gasteiger charge is -2.09. The molecule has 5 nitrogen and oxygen atoms in total. The number of hydrogen-bond acceptors (Lipinski definition) is 3. The fourth-order valence-electron chi connectivity index (χ4n) is 2.06. The average molecular weight is 350 g/mol. The van der Waals surface area contributed by atoms with Gasteiger partial charge in [-0.15, -0.1) is 0 Å². The van der Waals surface area contributed by atoms with Crippen LogP contribution in [-0.4, -0.2) is 26.6 Å². The third-order valence-electron chi connectivity index (χ3n) is 3.29. The Bertz CT molecular complexity index is 762. The van der Waals surface area contributed by atoms with E-state index >= 15 is 0 Å². The first-order valence-corrected chi connectivity index (χ1v) is 9.16. The minimum Gasteiger partial charge on any atom is -0.355 e. The molecule has 2 N–H and O–H groups in total. The number of hydrogen-bond donors (Lipinski definition) is 2. The van der Waals surface area contributed by atoms with Crippen molar-refractivity contribution >= 4 is 21.6 Å². The Kier molecular flexibility index (Phi) is 6.31. The molecule has 0 heterocycles. The molecule has 0 spiro atoms. The number of sulfonamides is 1. The van der Waals surface area contributed by atoms with E-state index in [9.17, 15) is 17.6 Å². The summed E-state index contributed by atoms with van der Waals surface area (Å²) in [6.07, 6.45) is 0.693. The second-order valence-electron chi connectivity index (χ2n) is 5.26. The minimum absolute atomic E-state index is 0.0322. The molecule has 0 unspecified atom stereocenters. The molecule has 0 atom stereocenters. The van der Waals surface area contributed by atoms with Crippen LogP contribution < -0.4 is 10.0 Å². The van der Waals surface area contributed by atoms with Gasteiger partial charge in [0.1, 0.15) is 5.82 Å². The van der Waals surface area contributed by atoms with Crippen molar-refractivity contribution < 1.29 is 17.6 Å². The molecule has 0 aliphatic rings. The highest BCUT2D eigenvalue weighted by molar-refractivity contribution is 7.92. The van der Waals surface area contributed by atoms with Gasteiger partial charge in [-0.1, -0.05) is 30.3 Å². The maximum absolute atomic E-state index is 12.8. The van der Waals surface area contributed by atoms with Crippen LogP contribution >= 0.6 is 0 Å². The van der Waals surface area contributed by atoms with Crippen molar-refractivity contribution in [2.24, 2.45) is 0 Å². The average Bonchev–Trinajstić information content (AvgIpc) is 2.54. The maximum Gasteiger partial charge on any atom is 0.234 e. The maximum atomic E-state index is 12.8. The fraction of sp³-hybridized carbons (Fsp3) is 0.235. The molecule has 0 radical (unpaired) electrons. The lowest BCUT2D eigenvalue weighted by Crippen LogP contribution is -2.31. The molecule has 0 aromatic heterocycles. The SMILES string of the molecule is O=C(CCc1ccc(F)cc1)NCCS(=O)(=O)Nc1ccccc1. The van der Waals surface area contributed by atoms with Crippen LogP contribution in [0.2, 0.25) is 0 Å². The van der Waals surface area contributed by atoms with Crippen molar-refractivity contribution in [3.63, 3.8) is 0 Å². The summed E-state index contributed by atoms with van der Waals surface area (Å²) >= 11 is 0. The normalized spacial score (nSPS) is 11.0. The molecule has 2 aromatic rings. The van der Waals surface area contributed by atoms with E-state index in [1.807, 2.05) is 0 Å². The van der Waals surface area contributed by atoms with Crippen LogP contribution in [0.5, 0.6) is 0 Å². The highest BCUT2D eigenvalue weighted by atomic mass is 32.2. The molecule has 7 heteroatoms. The summed E-state index contributed by atoms with van der Waals surface area (Å²) in [6.45, 7) is 0.0322. The predicted molar refractivity (Wildman–Crippen MR) is 91.6 cm³/mol. The molecule has 128 valence electrons. The van der Waals surface area contributed by atoms with Gasteiger partial charge in [-0.3, -0.25) is 9.52 Å². The van der Waals surface area contributed by atoms with E-state index < -0.39 is 10.0 Å². The number of anilines is 1. The van der Waals surface area contributed by atoms with Gasteiger partial charge in [0.15, 0.2) is 0 Å². The van der Waals surface area contributed by atoms with Crippen molar-refractivity contribution in [1.29, 1.82) is 0 Å². The van der Waals surface area contributed by atoms with Crippen LogP contribution in [0.3, 0.4) is 0 Å². The van der Waals surface area contributed by atoms with Gasteiger partial charge in [-0.05, 0) is 36.2 Å². The number of amides is 1. The number of aryl methyl sites for hydroxylation is 1. The largest absolute Gasteiger partial charge is 0.355 e. The lowest BCUT2D eigenvalue weighted by atomic mass is 10.1. The van der Waals surface area contributed by atoms with Crippen LogP contribution in [-0.2, 0) is 21.2 Å². The van der Waals surface area contributed by atoms with Crippen molar-refractivity contribution in [3.05, 3.63) is 66.0 Å². The summed E-state index contributed by atoms with van der Waals surface area (Å²) in [6, 6.07) is 14.5. The molecule has 0 saturated carbocycles. The van der Waals surface area contributed by atoms with E-state index in [1.165, 1.54) is 12.1 Å². The first kappa shape index (κ1) is 17.9. The standard InChI is InChI=1S/C17H19FN2O3S/c18-15-9-6-14(7-10-15)8-11-17(21)19-12-13-24(22,23)20-16-4-2-1-3-5-16/h1-7,9-10,20H,8,11-13H2,(H,19,21). The Morgan fingerprint density at radius 2 is 1.67 bits per heavy atom. The molecular formula is C17H19FN2O3S. The van der Waals surface area contributed by atoms with Gasteiger partial charge < -0.3 is 5.32 Å². The van der Waals surface area contributed by atoms with Crippen molar-refractivity contribution in [3.8, 4) is 0 Å². The van der Waals surface area contributed by atoms with E-state index in [0.29, 0.717) is 12.1 Å². The number of nitrogens with one attached hydrogen (secondary N) is 2. The first-order chi connectivity index (χ1) is 11.4. The van der Waals surface area contributed by atoms with Crippen LogP contribution in [0.4, 0.5) is 10.1 Å². The summed E-state index contributed by atoms with van der Waals surface area (Å²) in [5.41, 5.74) is 1.34. The molecule has 0 aliphatic heterocycles.